The Labute approximate surface area is 166 Å². The van der Waals surface area contributed by atoms with Gasteiger partial charge in [0.25, 0.3) is 0 Å². The minimum atomic E-state index is -3.15. The lowest BCUT2D eigenvalue weighted by Gasteiger charge is -2.24. The maximum absolute atomic E-state index is 12.4. The second kappa shape index (κ2) is 9.07. The second-order valence-corrected chi connectivity index (χ2v) is 10.4. The number of nitrogens with zero attached hydrogens (tertiary/aromatic N) is 2. The lowest BCUT2D eigenvalue weighted by atomic mass is 9.83. The Morgan fingerprint density at radius 2 is 2.04 bits per heavy atom. The molecule has 0 bridgehead atoms. The number of nitrogens with one attached hydrogen (secondary N) is 2. The lowest BCUT2D eigenvalue weighted by Crippen LogP contribution is -2.29. The normalized spacial score (nSPS) is 19.0. The van der Waals surface area contributed by atoms with E-state index in [-0.39, 0.29) is 35.9 Å². The predicted octanol–water partition coefficient (Wildman–Crippen LogP) is 1.99. The molecule has 2 heterocycles. The molecule has 1 unspecified atom stereocenters. The number of hydrogen-bond donors (Lipinski definition) is 2. The minimum Gasteiger partial charge on any atom is -0.346 e. The van der Waals surface area contributed by atoms with Crippen molar-refractivity contribution >= 4 is 21.8 Å². The molecule has 1 aromatic heterocycles. The molecule has 0 radical (unpaired) electrons. The molecular weight excluding hydrogens is 380 g/mol. The highest BCUT2D eigenvalue weighted by Crippen LogP contribution is 2.29. The lowest BCUT2D eigenvalue weighted by molar-refractivity contribution is -0.118. The average molecular weight is 411 g/mol. The van der Waals surface area contributed by atoms with Crippen LogP contribution in [0.5, 0.6) is 0 Å². The van der Waals surface area contributed by atoms with Crippen molar-refractivity contribution in [2.75, 3.05) is 24.6 Å². The number of carbonyl (C=O) groups excluding carboxylic acids is 2. The minimum absolute atomic E-state index is 0.0988. The van der Waals surface area contributed by atoms with Crippen molar-refractivity contribution in [1.29, 1.82) is 0 Å². The number of carbonyl (C=O) groups is 2. The molecule has 1 atom stereocenters. The summed E-state index contributed by atoms with van der Waals surface area (Å²) in [6, 6.07) is -0.359. The van der Waals surface area contributed by atoms with Crippen LogP contribution in [-0.2, 0) is 21.1 Å². The molecule has 3 amide bonds. The summed E-state index contributed by atoms with van der Waals surface area (Å²) in [6.07, 6.45) is 8.52. The number of unbranched alkanes of at least 4 members (excludes halogenated alkanes) is 2. The molecule has 156 valence electrons. The van der Waals surface area contributed by atoms with E-state index in [9.17, 15) is 18.0 Å². The summed E-state index contributed by atoms with van der Waals surface area (Å²) in [5.74, 6) is 1.56. The van der Waals surface area contributed by atoms with E-state index in [1.807, 2.05) is 6.92 Å². The molecule has 1 aliphatic carbocycles. The molecule has 9 heteroatoms. The third-order valence-electron chi connectivity index (χ3n) is 5.64. The summed E-state index contributed by atoms with van der Waals surface area (Å²) in [7, 11) is -3.15. The Balaban J connectivity index is 1.36. The summed E-state index contributed by atoms with van der Waals surface area (Å²) >= 11 is 0. The Morgan fingerprint density at radius 1 is 1.25 bits per heavy atom. The number of hydrogen-bond acceptors (Lipinski definition) is 5. The number of sulfone groups is 1. The van der Waals surface area contributed by atoms with E-state index < -0.39 is 9.84 Å². The molecule has 3 rings (SSSR count). The van der Waals surface area contributed by atoms with Crippen molar-refractivity contribution in [2.24, 2.45) is 5.92 Å². The van der Waals surface area contributed by atoms with Crippen LogP contribution in [0.1, 0.15) is 62.9 Å². The topological polar surface area (TPSA) is 112 Å². The van der Waals surface area contributed by atoms with Gasteiger partial charge in [0, 0.05) is 30.8 Å². The Kier molecular flexibility index (Phi) is 6.74. The van der Waals surface area contributed by atoms with E-state index in [0.717, 1.165) is 23.9 Å². The standard InChI is InChI=1S/C19H30N4O4S/c1-14(16-11-20-17(21-16)10-15-6-5-7-15)13-28(26,27)9-4-2-3-8-23-12-18(24)22-19(23)25/h11,14-15H,2-10,12-13H2,1H3,(H,20,21)(H,22,24,25). The van der Waals surface area contributed by atoms with Gasteiger partial charge in [0.2, 0.25) is 5.91 Å². The fourth-order valence-electron chi connectivity index (χ4n) is 3.72. The third-order valence-corrected chi connectivity index (χ3v) is 7.56. The van der Waals surface area contributed by atoms with Gasteiger partial charge in [-0.1, -0.05) is 32.6 Å². The number of imidazole rings is 1. The van der Waals surface area contributed by atoms with Crippen molar-refractivity contribution < 1.29 is 18.0 Å². The summed E-state index contributed by atoms with van der Waals surface area (Å²) < 4.78 is 24.8. The first-order valence-electron chi connectivity index (χ1n) is 10.2. The number of aromatic amines is 1. The summed E-state index contributed by atoms with van der Waals surface area (Å²) in [5, 5.41) is 2.23. The van der Waals surface area contributed by atoms with Crippen LogP contribution < -0.4 is 5.32 Å². The zero-order valence-electron chi connectivity index (χ0n) is 16.4. The third kappa shape index (κ3) is 5.80. The SMILES string of the molecule is CC(CS(=O)(=O)CCCCCN1CC(=O)NC1=O)c1cnc(CC2CCC2)[nH]1. The number of amides is 3. The molecule has 2 fully saturated rings. The highest BCUT2D eigenvalue weighted by atomic mass is 32.2. The molecular formula is C19H30N4O4S. The first-order chi connectivity index (χ1) is 13.3. The van der Waals surface area contributed by atoms with Gasteiger partial charge in [-0.25, -0.2) is 18.2 Å². The maximum atomic E-state index is 12.4. The van der Waals surface area contributed by atoms with Gasteiger partial charge in [-0.3, -0.25) is 10.1 Å². The van der Waals surface area contributed by atoms with Crippen molar-refractivity contribution in [3.05, 3.63) is 17.7 Å². The molecule has 0 aromatic carbocycles. The van der Waals surface area contributed by atoms with E-state index >= 15 is 0 Å². The van der Waals surface area contributed by atoms with Crippen LogP contribution in [0.25, 0.3) is 0 Å². The molecule has 8 nitrogen and oxygen atoms in total. The quantitative estimate of drug-likeness (QED) is 0.428. The molecule has 2 N–H and O–H groups in total. The monoisotopic (exact) mass is 410 g/mol. The predicted molar refractivity (Wildman–Crippen MR) is 106 cm³/mol. The van der Waals surface area contributed by atoms with Crippen LogP contribution in [0.4, 0.5) is 4.79 Å². The Hall–Kier alpha value is -1.90. The van der Waals surface area contributed by atoms with E-state index in [1.165, 1.54) is 24.2 Å². The number of H-pyrrole nitrogens is 1. The van der Waals surface area contributed by atoms with E-state index in [1.54, 1.807) is 6.20 Å². The molecule has 2 aliphatic rings. The molecule has 1 saturated heterocycles. The van der Waals surface area contributed by atoms with Gasteiger partial charge in [-0.2, -0.15) is 0 Å². The summed E-state index contributed by atoms with van der Waals surface area (Å²) in [6.45, 7) is 2.49. The van der Waals surface area contributed by atoms with Gasteiger partial charge in [-0.15, -0.1) is 0 Å². The number of aromatic nitrogens is 2. The zero-order valence-corrected chi connectivity index (χ0v) is 17.3. The van der Waals surface area contributed by atoms with Gasteiger partial charge in [0.05, 0.1) is 11.5 Å². The van der Waals surface area contributed by atoms with Crippen LogP contribution in [-0.4, -0.2) is 59.8 Å². The number of rotatable bonds is 11. The van der Waals surface area contributed by atoms with Gasteiger partial charge in [-0.05, 0) is 18.8 Å². The van der Waals surface area contributed by atoms with Crippen LogP contribution in [0.3, 0.4) is 0 Å². The number of urea groups is 1. The van der Waals surface area contributed by atoms with Gasteiger partial charge in [0.15, 0.2) is 9.84 Å². The smallest absolute Gasteiger partial charge is 0.324 e. The highest BCUT2D eigenvalue weighted by molar-refractivity contribution is 7.91. The van der Waals surface area contributed by atoms with E-state index in [2.05, 4.69) is 15.3 Å². The van der Waals surface area contributed by atoms with E-state index in [0.29, 0.717) is 25.8 Å². The van der Waals surface area contributed by atoms with Gasteiger partial charge in [0.1, 0.15) is 12.4 Å². The van der Waals surface area contributed by atoms with Crippen LogP contribution in [0.15, 0.2) is 6.20 Å². The first kappa shape index (κ1) is 20.8. The first-order valence-corrected chi connectivity index (χ1v) is 12.0. The van der Waals surface area contributed by atoms with E-state index in [4.69, 9.17) is 0 Å². The van der Waals surface area contributed by atoms with Crippen molar-refractivity contribution in [1.82, 2.24) is 20.2 Å². The second-order valence-electron chi connectivity index (χ2n) is 8.14. The highest BCUT2D eigenvalue weighted by Gasteiger charge is 2.26. The molecule has 1 saturated carbocycles. The fourth-order valence-corrected chi connectivity index (χ4v) is 5.47. The zero-order chi connectivity index (χ0) is 20.1. The van der Waals surface area contributed by atoms with Gasteiger partial charge >= 0.3 is 6.03 Å². The van der Waals surface area contributed by atoms with Crippen LogP contribution in [0, 0.1) is 5.92 Å². The Morgan fingerprint density at radius 3 is 2.68 bits per heavy atom. The summed E-state index contributed by atoms with van der Waals surface area (Å²) in [5.41, 5.74) is 0.891. The molecule has 1 aromatic rings. The van der Waals surface area contributed by atoms with Crippen molar-refractivity contribution in [3.63, 3.8) is 0 Å². The van der Waals surface area contributed by atoms with Crippen LogP contribution >= 0.6 is 0 Å². The fraction of sp³-hybridized carbons (Fsp3) is 0.737. The summed E-state index contributed by atoms with van der Waals surface area (Å²) in [4.78, 5) is 31.7. The van der Waals surface area contributed by atoms with Crippen molar-refractivity contribution in [3.8, 4) is 0 Å². The number of imide groups is 1. The van der Waals surface area contributed by atoms with Gasteiger partial charge < -0.3 is 9.88 Å². The molecule has 0 spiro atoms. The Bertz CT molecular complexity index is 801. The molecule has 1 aliphatic heterocycles. The van der Waals surface area contributed by atoms with Crippen LogP contribution in [0.2, 0.25) is 0 Å². The largest absolute Gasteiger partial charge is 0.346 e. The molecule has 28 heavy (non-hydrogen) atoms. The maximum Gasteiger partial charge on any atom is 0.324 e. The van der Waals surface area contributed by atoms with Crippen molar-refractivity contribution in [2.45, 2.75) is 57.8 Å². The average Bonchev–Trinajstić information content (AvgIpc) is 3.17.